The lowest BCUT2D eigenvalue weighted by Crippen LogP contribution is -2.21. The van der Waals surface area contributed by atoms with Crippen LogP contribution in [0.1, 0.15) is 57.2 Å². The van der Waals surface area contributed by atoms with Crippen molar-refractivity contribution < 1.29 is 0 Å². The fourth-order valence-electron chi connectivity index (χ4n) is 2.35. The van der Waals surface area contributed by atoms with E-state index in [4.69, 9.17) is 11.6 Å². The first-order chi connectivity index (χ1) is 8.56. The summed E-state index contributed by atoms with van der Waals surface area (Å²) in [6, 6.07) is 6.66. The van der Waals surface area contributed by atoms with Gasteiger partial charge in [0.05, 0.1) is 0 Å². The van der Waals surface area contributed by atoms with Crippen LogP contribution in [-0.4, -0.2) is 6.54 Å². The SMILES string of the molecule is CCNC(CCCC(C)C)c1cccc(Cl)c1C. The number of hydrogen-bond acceptors (Lipinski definition) is 1. The van der Waals surface area contributed by atoms with Crippen LogP contribution in [0.5, 0.6) is 0 Å². The van der Waals surface area contributed by atoms with Crippen molar-refractivity contribution in [1.29, 1.82) is 0 Å². The van der Waals surface area contributed by atoms with Gasteiger partial charge in [-0.2, -0.15) is 0 Å². The highest BCUT2D eigenvalue weighted by Crippen LogP contribution is 2.27. The van der Waals surface area contributed by atoms with Gasteiger partial charge < -0.3 is 5.32 Å². The number of halogens is 1. The predicted octanol–water partition coefficient (Wildman–Crippen LogP) is 5.13. The summed E-state index contributed by atoms with van der Waals surface area (Å²) in [5.74, 6) is 0.785. The van der Waals surface area contributed by atoms with Crippen molar-refractivity contribution in [1.82, 2.24) is 5.32 Å². The molecule has 1 rings (SSSR count). The Balaban J connectivity index is 2.74. The molecule has 0 saturated heterocycles. The first-order valence-electron chi connectivity index (χ1n) is 7.04. The van der Waals surface area contributed by atoms with Crippen molar-refractivity contribution in [3.05, 3.63) is 34.3 Å². The molecule has 0 radical (unpaired) electrons. The molecule has 0 amide bonds. The summed E-state index contributed by atoms with van der Waals surface area (Å²) in [5, 5.41) is 4.46. The second-order valence-corrected chi connectivity index (χ2v) is 5.80. The summed E-state index contributed by atoms with van der Waals surface area (Å²) in [7, 11) is 0. The lowest BCUT2D eigenvalue weighted by Gasteiger charge is -2.21. The average Bonchev–Trinajstić information content (AvgIpc) is 2.31. The van der Waals surface area contributed by atoms with Crippen LogP contribution in [0.25, 0.3) is 0 Å². The molecule has 0 aromatic heterocycles. The third-order valence-electron chi connectivity index (χ3n) is 3.41. The molecule has 0 heterocycles. The second kappa shape index (κ2) is 7.81. The minimum absolute atomic E-state index is 0.437. The standard InChI is InChI=1S/C16H26ClN/c1-5-18-16(11-6-8-12(2)3)14-9-7-10-15(17)13(14)4/h7,9-10,12,16,18H,5-6,8,11H2,1-4H3. The van der Waals surface area contributed by atoms with Crippen LogP contribution in [0.2, 0.25) is 5.02 Å². The Morgan fingerprint density at radius 3 is 2.56 bits per heavy atom. The lowest BCUT2D eigenvalue weighted by atomic mass is 9.95. The topological polar surface area (TPSA) is 12.0 Å². The highest BCUT2D eigenvalue weighted by atomic mass is 35.5. The summed E-state index contributed by atoms with van der Waals surface area (Å²) in [4.78, 5) is 0. The fraction of sp³-hybridized carbons (Fsp3) is 0.625. The molecule has 1 aromatic rings. The molecular formula is C16H26ClN. The van der Waals surface area contributed by atoms with E-state index in [1.165, 1.54) is 30.4 Å². The van der Waals surface area contributed by atoms with Crippen molar-refractivity contribution in [2.24, 2.45) is 5.92 Å². The molecule has 1 aromatic carbocycles. The van der Waals surface area contributed by atoms with E-state index in [1.807, 2.05) is 6.07 Å². The van der Waals surface area contributed by atoms with Crippen LogP contribution in [-0.2, 0) is 0 Å². The van der Waals surface area contributed by atoms with E-state index in [0.29, 0.717) is 6.04 Å². The van der Waals surface area contributed by atoms with Crippen LogP contribution in [0.15, 0.2) is 18.2 Å². The van der Waals surface area contributed by atoms with Crippen LogP contribution >= 0.6 is 11.6 Å². The maximum absolute atomic E-state index is 6.21. The number of benzene rings is 1. The molecule has 102 valence electrons. The van der Waals surface area contributed by atoms with E-state index in [-0.39, 0.29) is 0 Å². The highest BCUT2D eigenvalue weighted by molar-refractivity contribution is 6.31. The third-order valence-corrected chi connectivity index (χ3v) is 3.82. The fourth-order valence-corrected chi connectivity index (χ4v) is 2.53. The Morgan fingerprint density at radius 2 is 1.94 bits per heavy atom. The number of rotatable bonds is 7. The quantitative estimate of drug-likeness (QED) is 0.723. The molecule has 1 atom stereocenters. The van der Waals surface area contributed by atoms with E-state index in [1.54, 1.807) is 0 Å². The largest absolute Gasteiger partial charge is 0.310 e. The molecule has 18 heavy (non-hydrogen) atoms. The number of hydrogen-bond donors (Lipinski definition) is 1. The van der Waals surface area contributed by atoms with E-state index in [0.717, 1.165) is 17.5 Å². The molecule has 1 N–H and O–H groups in total. The molecule has 0 aliphatic carbocycles. The molecule has 0 spiro atoms. The van der Waals surface area contributed by atoms with Crippen molar-refractivity contribution in [2.75, 3.05) is 6.54 Å². The zero-order valence-electron chi connectivity index (χ0n) is 12.1. The zero-order valence-corrected chi connectivity index (χ0v) is 12.8. The molecule has 1 unspecified atom stereocenters. The summed E-state index contributed by atoms with van der Waals surface area (Å²) in [5.41, 5.74) is 2.57. The summed E-state index contributed by atoms with van der Waals surface area (Å²) >= 11 is 6.21. The second-order valence-electron chi connectivity index (χ2n) is 5.39. The van der Waals surface area contributed by atoms with E-state index < -0.39 is 0 Å². The monoisotopic (exact) mass is 267 g/mol. The zero-order chi connectivity index (χ0) is 13.5. The van der Waals surface area contributed by atoms with Gasteiger partial charge in [-0.3, -0.25) is 0 Å². The van der Waals surface area contributed by atoms with Gasteiger partial charge in [0.25, 0.3) is 0 Å². The van der Waals surface area contributed by atoms with Crippen LogP contribution < -0.4 is 5.32 Å². The summed E-state index contributed by atoms with van der Waals surface area (Å²) < 4.78 is 0. The van der Waals surface area contributed by atoms with Crippen molar-refractivity contribution >= 4 is 11.6 Å². The summed E-state index contributed by atoms with van der Waals surface area (Å²) in [6.45, 7) is 9.85. The predicted molar refractivity (Wildman–Crippen MR) is 81.3 cm³/mol. The van der Waals surface area contributed by atoms with Crippen LogP contribution in [0, 0.1) is 12.8 Å². The third kappa shape index (κ3) is 4.62. The normalized spacial score (nSPS) is 13.0. The molecule has 0 fully saturated rings. The highest BCUT2D eigenvalue weighted by Gasteiger charge is 2.13. The van der Waals surface area contributed by atoms with E-state index in [9.17, 15) is 0 Å². The van der Waals surface area contributed by atoms with Gasteiger partial charge in [-0.05, 0) is 43.0 Å². The Labute approximate surface area is 117 Å². The van der Waals surface area contributed by atoms with Gasteiger partial charge in [0, 0.05) is 11.1 Å². The molecule has 0 aliphatic heterocycles. The number of nitrogens with one attached hydrogen (secondary N) is 1. The first-order valence-corrected chi connectivity index (χ1v) is 7.42. The molecule has 1 nitrogen and oxygen atoms in total. The Bertz CT molecular complexity index is 360. The van der Waals surface area contributed by atoms with Gasteiger partial charge in [-0.15, -0.1) is 0 Å². The van der Waals surface area contributed by atoms with E-state index in [2.05, 4.69) is 45.1 Å². The van der Waals surface area contributed by atoms with Gasteiger partial charge in [0.2, 0.25) is 0 Å². The minimum atomic E-state index is 0.437. The van der Waals surface area contributed by atoms with Gasteiger partial charge >= 0.3 is 0 Å². The van der Waals surface area contributed by atoms with Crippen molar-refractivity contribution in [2.45, 2.75) is 53.0 Å². The summed E-state index contributed by atoms with van der Waals surface area (Å²) in [6.07, 6.45) is 3.75. The molecule has 0 saturated carbocycles. The van der Waals surface area contributed by atoms with Crippen molar-refractivity contribution in [3.63, 3.8) is 0 Å². The van der Waals surface area contributed by atoms with Gasteiger partial charge in [-0.1, -0.05) is 57.3 Å². The molecule has 2 heteroatoms. The Hall–Kier alpha value is -0.530. The van der Waals surface area contributed by atoms with Crippen LogP contribution in [0.3, 0.4) is 0 Å². The smallest absolute Gasteiger partial charge is 0.0438 e. The van der Waals surface area contributed by atoms with Crippen molar-refractivity contribution in [3.8, 4) is 0 Å². The van der Waals surface area contributed by atoms with E-state index >= 15 is 0 Å². The van der Waals surface area contributed by atoms with Crippen LogP contribution in [0.4, 0.5) is 0 Å². The molecule has 0 bridgehead atoms. The average molecular weight is 268 g/mol. The maximum atomic E-state index is 6.21. The molecule has 0 aliphatic rings. The maximum Gasteiger partial charge on any atom is 0.0438 e. The Kier molecular flexibility index (Phi) is 6.73. The van der Waals surface area contributed by atoms with Gasteiger partial charge in [-0.25, -0.2) is 0 Å². The lowest BCUT2D eigenvalue weighted by molar-refractivity contribution is 0.454. The molecular weight excluding hydrogens is 242 g/mol. The van der Waals surface area contributed by atoms with Gasteiger partial charge in [0.1, 0.15) is 0 Å². The minimum Gasteiger partial charge on any atom is -0.310 e. The first kappa shape index (κ1) is 15.5. The Morgan fingerprint density at radius 1 is 1.22 bits per heavy atom. The van der Waals surface area contributed by atoms with Gasteiger partial charge in [0.15, 0.2) is 0 Å².